The highest BCUT2D eigenvalue weighted by molar-refractivity contribution is 5.85. The molecule has 11 heavy (non-hydrogen) atoms. The van der Waals surface area contributed by atoms with Gasteiger partial charge in [-0.2, -0.15) is 5.06 Å². The second-order valence-corrected chi connectivity index (χ2v) is 2.26. The molecular weight excluding hydrogens is 170 g/mol. The van der Waals surface area contributed by atoms with Crippen molar-refractivity contribution in [1.29, 1.82) is 0 Å². The zero-order valence-corrected chi connectivity index (χ0v) is 6.97. The molecule has 1 fully saturated rings. The number of halogens is 1. The molecule has 0 aliphatic carbocycles. The average Bonchev–Trinajstić information content (AvgIpc) is 2.34. The molecular formula is C6H12ClNO3. The lowest BCUT2D eigenvalue weighted by molar-refractivity contribution is -0.143. The number of carboxylic acids is 1. The Hall–Kier alpha value is -0.320. The van der Waals surface area contributed by atoms with Gasteiger partial charge in [-0.25, -0.2) is 0 Å². The van der Waals surface area contributed by atoms with Crippen molar-refractivity contribution in [2.24, 2.45) is 0 Å². The molecule has 1 saturated heterocycles. The Balaban J connectivity index is 0.000001000. The van der Waals surface area contributed by atoms with Crippen LogP contribution < -0.4 is 0 Å². The Morgan fingerprint density at radius 2 is 2.36 bits per heavy atom. The number of hydrogen-bond donors (Lipinski definition) is 1. The van der Waals surface area contributed by atoms with Gasteiger partial charge in [0.2, 0.25) is 0 Å². The maximum atomic E-state index is 10.1. The maximum Gasteiger partial charge on any atom is 0.304 e. The molecule has 1 rings (SSSR count). The van der Waals surface area contributed by atoms with E-state index in [1.165, 1.54) is 0 Å². The quantitative estimate of drug-likeness (QED) is 0.690. The van der Waals surface area contributed by atoms with Crippen LogP contribution in [0.25, 0.3) is 0 Å². The van der Waals surface area contributed by atoms with Crippen LogP contribution in [0.2, 0.25) is 0 Å². The van der Waals surface area contributed by atoms with Crippen molar-refractivity contribution < 1.29 is 14.7 Å². The summed E-state index contributed by atoms with van der Waals surface area (Å²) >= 11 is 0. The van der Waals surface area contributed by atoms with Gasteiger partial charge in [0.1, 0.15) is 0 Å². The highest BCUT2D eigenvalue weighted by atomic mass is 35.5. The van der Waals surface area contributed by atoms with Crippen molar-refractivity contribution in [3.8, 4) is 0 Å². The molecule has 0 saturated carbocycles. The van der Waals surface area contributed by atoms with Crippen molar-refractivity contribution >= 4 is 18.4 Å². The van der Waals surface area contributed by atoms with Gasteiger partial charge in [0.15, 0.2) is 0 Å². The van der Waals surface area contributed by atoms with Crippen molar-refractivity contribution in [1.82, 2.24) is 5.06 Å². The van der Waals surface area contributed by atoms with E-state index in [1.54, 1.807) is 5.06 Å². The van der Waals surface area contributed by atoms with E-state index in [-0.39, 0.29) is 18.8 Å². The summed E-state index contributed by atoms with van der Waals surface area (Å²) in [7, 11) is 0. The lowest BCUT2D eigenvalue weighted by Gasteiger charge is -2.10. The molecule has 0 aromatic rings. The first kappa shape index (κ1) is 10.7. The monoisotopic (exact) mass is 181 g/mol. The fourth-order valence-electron chi connectivity index (χ4n) is 0.896. The van der Waals surface area contributed by atoms with Crippen LogP contribution in [0.3, 0.4) is 0 Å². The first-order valence-electron chi connectivity index (χ1n) is 3.38. The number of carbonyl (C=O) groups is 1. The third-order valence-corrected chi connectivity index (χ3v) is 1.40. The first-order chi connectivity index (χ1) is 4.79. The topological polar surface area (TPSA) is 49.8 Å². The first-order valence-corrected chi connectivity index (χ1v) is 3.38. The van der Waals surface area contributed by atoms with E-state index < -0.39 is 5.97 Å². The summed E-state index contributed by atoms with van der Waals surface area (Å²) in [5.74, 6) is -0.768. The number of aliphatic carboxylic acids is 1. The van der Waals surface area contributed by atoms with Crippen LogP contribution >= 0.6 is 12.4 Å². The molecule has 0 radical (unpaired) electrons. The van der Waals surface area contributed by atoms with E-state index in [0.717, 1.165) is 19.6 Å². The minimum Gasteiger partial charge on any atom is -0.481 e. The van der Waals surface area contributed by atoms with Crippen molar-refractivity contribution in [3.63, 3.8) is 0 Å². The van der Waals surface area contributed by atoms with E-state index in [9.17, 15) is 4.79 Å². The van der Waals surface area contributed by atoms with Crippen LogP contribution in [0.5, 0.6) is 0 Å². The highest BCUT2D eigenvalue weighted by Gasteiger charge is 2.12. The van der Waals surface area contributed by atoms with Gasteiger partial charge < -0.3 is 5.11 Å². The number of nitrogens with zero attached hydrogens (tertiary/aromatic N) is 1. The van der Waals surface area contributed by atoms with E-state index in [0.29, 0.717) is 6.54 Å². The Morgan fingerprint density at radius 1 is 1.64 bits per heavy atom. The Labute approximate surface area is 71.5 Å². The van der Waals surface area contributed by atoms with Gasteiger partial charge in [0, 0.05) is 13.1 Å². The molecule has 66 valence electrons. The van der Waals surface area contributed by atoms with E-state index in [2.05, 4.69) is 0 Å². The van der Waals surface area contributed by atoms with Gasteiger partial charge in [0.05, 0.1) is 13.0 Å². The molecule has 1 aliphatic rings. The summed E-state index contributed by atoms with van der Waals surface area (Å²) in [6.07, 6.45) is 1.18. The third kappa shape index (κ3) is 4.19. The lowest BCUT2D eigenvalue weighted by Crippen LogP contribution is -2.21. The normalized spacial score (nSPS) is 17.8. The smallest absolute Gasteiger partial charge is 0.304 e. The molecule has 0 bridgehead atoms. The van der Waals surface area contributed by atoms with Crippen molar-refractivity contribution in [3.05, 3.63) is 0 Å². The van der Waals surface area contributed by atoms with Gasteiger partial charge in [0.25, 0.3) is 0 Å². The number of hydrogen-bond acceptors (Lipinski definition) is 3. The summed E-state index contributed by atoms with van der Waals surface area (Å²) in [6.45, 7) is 2.11. The molecule has 0 aromatic carbocycles. The Bertz CT molecular complexity index is 125. The fraction of sp³-hybridized carbons (Fsp3) is 0.833. The van der Waals surface area contributed by atoms with Crippen molar-refractivity contribution in [2.75, 3.05) is 19.7 Å². The SMILES string of the molecule is Cl.O=C(O)CCN1CCCO1. The highest BCUT2D eigenvalue weighted by Crippen LogP contribution is 2.03. The van der Waals surface area contributed by atoms with Crippen molar-refractivity contribution in [2.45, 2.75) is 12.8 Å². The second-order valence-electron chi connectivity index (χ2n) is 2.26. The van der Waals surface area contributed by atoms with E-state index in [1.807, 2.05) is 0 Å². The molecule has 4 nitrogen and oxygen atoms in total. The zero-order valence-electron chi connectivity index (χ0n) is 6.15. The largest absolute Gasteiger partial charge is 0.481 e. The van der Waals surface area contributed by atoms with Crippen LogP contribution in [0.4, 0.5) is 0 Å². The molecule has 0 atom stereocenters. The predicted octanol–water partition coefficient (Wildman–Crippen LogP) is 0.520. The molecule has 0 spiro atoms. The third-order valence-electron chi connectivity index (χ3n) is 1.40. The number of rotatable bonds is 3. The summed E-state index contributed by atoms with van der Waals surface area (Å²) in [5.41, 5.74) is 0. The summed E-state index contributed by atoms with van der Waals surface area (Å²) in [4.78, 5) is 15.1. The van der Waals surface area contributed by atoms with Crippen LogP contribution in [-0.2, 0) is 9.63 Å². The molecule has 1 N–H and O–H groups in total. The molecule has 0 unspecified atom stereocenters. The summed E-state index contributed by atoms with van der Waals surface area (Å²) in [6, 6.07) is 0. The van der Waals surface area contributed by atoms with E-state index >= 15 is 0 Å². The number of carboxylic acid groups (broad SMARTS) is 1. The van der Waals surface area contributed by atoms with Gasteiger partial charge >= 0.3 is 5.97 Å². The van der Waals surface area contributed by atoms with Crippen LogP contribution in [0, 0.1) is 0 Å². The fourth-order valence-corrected chi connectivity index (χ4v) is 0.896. The van der Waals surface area contributed by atoms with Gasteiger partial charge in [-0.1, -0.05) is 0 Å². The summed E-state index contributed by atoms with van der Waals surface area (Å²) in [5, 5.41) is 9.99. The second kappa shape index (κ2) is 5.35. The van der Waals surface area contributed by atoms with Gasteiger partial charge in [-0.05, 0) is 6.42 Å². The molecule has 0 aromatic heterocycles. The Morgan fingerprint density at radius 3 is 2.82 bits per heavy atom. The molecule has 1 aliphatic heterocycles. The maximum absolute atomic E-state index is 10.1. The molecule has 5 heteroatoms. The lowest BCUT2D eigenvalue weighted by atomic mass is 10.4. The van der Waals surface area contributed by atoms with E-state index in [4.69, 9.17) is 9.94 Å². The average molecular weight is 182 g/mol. The van der Waals surface area contributed by atoms with Crippen LogP contribution in [-0.4, -0.2) is 35.8 Å². The minimum atomic E-state index is -0.768. The zero-order chi connectivity index (χ0) is 7.40. The Kier molecular flexibility index (Phi) is 5.19. The van der Waals surface area contributed by atoms with Gasteiger partial charge in [-0.3, -0.25) is 9.63 Å². The molecule has 1 heterocycles. The standard InChI is InChI=1S/C6H11NO3.ClH/c8-6(9)2-4-7-3-1-5-10-7;/h1-5H2,(H,8,9);1H. The minimum absolute atomic E-state index is 0. The number of hydroxylamine groups is 2. The molecule has 0 amide bonds. The van der Waals surface area contributed by atoms with Crippen LogP contribution in [0.1, 0.15) is 12.8 Å². The summed E-state index contributed by atoms with van der Waals surface area (Å²) < 4.78 is 0. The predicted molar refractivity (Wildman–Crippen MR) is 41.6 cm³/mol. The van der Waals surface area contributed by atoms with Gasteiger partial charge in [-0.15, -0.1) is 12.4 Å². The van der Waals surface area contributed by atoms with Crippen LogP contribution in [0.15, 0.2) is 0 Å².